The Bertz CT molecular complexity index is 614. The first-order valence-electron chi connectivity index (χ1n) is 5.95. The fourth-order valence-electron chi connectivity index (χ4n) is 1.61. The van der Waals surface area contributed by atoms with Gasteiger partial charge in [0.2, 0.25) is 0 Å². The van der Waals surface area contributed by atoms with Crippen LogP contribution in [0, 0.1) is 12.7 Å². The van der Waals surface area contributed by atoms with E-state index in [1.54, 1.807) is 37.3 Å². The van der Waals surface area contributed by atoms with Gasteiger partial charge in [-0.3, -0.25) is 15.2 Å². The van der Waals surface area contributed by atoms with Gasteiger partial charge in [-0.15, -0.1) is 0 Å². The fourth-order valence-corrected chi connectivity index (χ4v) is 1.61. The number of nitrogen functional groups attached to an aromatic ring is 1. The van der Waals surface area contributed by atoms with Gasteiger partial charge in [0.15, 0.2) is 11.6 Å². The highest BCUT2D eigenvalue weighted by Gasteiger charge is 2.07. The molecule has 0 aliphatic heterocycles. The minimum Gasteiger partial charge on any atom is -0.484 e. The Morgan fingerprint density at radius 3 is 2.85 bits per heavy atom. The molecule has 0 aliphatic rings. The molecule has 5 nitrogen and oxygen atoms in total. The van der Waals surface area contributed by atoms with Crippen molar-refractivity contribution in [2.75, 3.05) is 0 Å². The average Bonchev–Trinajstić information content (AvgIpc) is 2.48. The Morgan fingerprint density at radius 1 is 1.40 bits per heavy atom. The first-order chi connectivity index (χ1) is 9.61. The summed E-state index contributed by atoms with van der Waals surface area (Å²) in [5.74, 6) is 4.39. The van der Waals surface area contributed by atoms with Gasteiger partial charge < -0.3 is 4.74 Å². The second-order valence-electron chi connectivity index (χ2n) is 4.19. The number of hydrogen-bond donors (Lipinski definition) is 2. The molecule has 0 spiro atoms. The lowest BCUT2D eigenvalue weighted by molar-refractivity contribution is 0.0953. The number of hydrogen-bond acceptors (Lipinski definition) is 4. The molecule has 1 aromatic heterocycles. The Morgan fingerprint density at radius 2 is 2.20 bits per heavy atom. The van der Waals surface area contributed by atoms with Crippen LogP contribution in [0.5, 0.6) is 5.75 Å². The number of nitrogens with one attached hydrogen (secondary N) is 1. The quantitative estimate of drug-likeness (QED) is 0.506. The molecule has 0 aliphatic carbocycles. The van der Waals surface area contributed by atoms with Crippen molar-refractivity contribution in [3.63, 3.8) is 0 Å². The van der Waals surface area contributed by atoms with Gasteiger partial charge in [0.25, 0.3) is 5.91 Å². The maximum atomic E-state index is 13.7. The predicted octanol–water partition coefficient (Wildman–Crippen LogP) is 1.71. The number of hydrazine groups is 1. The summed E-state index contributed by atoms with van der Waals surface area (Å²) in [5, 5.41) is 0. The van der Waals surface area contributed by atoms with E-state index in [1.165, 1.54) is 6.20 Å². The lowest BCUT2D eigenvalue weighted by Crippen LogP contribution is -2.30. The summed E-state index contributed by atoms with van der Waals surface area (Å²) < 4.78 is 19.1. The number of nitrogens with zero attached hydrogens (tertiary/aromatic N) is 1. The molecule has 0 fully saturated rings. The third-order valence-electron chi connectivity index (χ3n) is 2.75. The first-order valence-corrected chi connectivity index (χ1v) is 5.95. The highest BCUT2D eigenvalue weighted by molar-refractivity contribution is 5.93. The summed E-state index contributed by atoms with van der Waals surface area (Å²) >= 11 is 0. The summed E-state index contributed by atoms with van der Waals surface area (Å²) in [5.41, 5.74) is 3.46. The van der Waals surface area contributed by atoms with Crippen molar-refractivity contribution in [1.82, 2.24) is 10.4 Å². The maximum Gasteiger partial charge on any atom is 0.266 e. The number of carbonyl (C=O) groups is 1. The summed E-state index contributed by atoms with van der Waals surface area (Å²) in [6.45, 7) is 1.78. The third-order valence-corrected chi connectivity index (χ3v) is 2.75. The van der Waals surface area contributed by atoms with Crippen LogP contribution in [0.3, 0.4) is 0 Å². The monoisotopic (exact) mass is 275 g/mol. The van der Waals surface area contributed by atoms with Gasteiger partial charge in [0, 0.05) is 6.20 Å². The number of rotatable bonds is 4. The standard InChI is InChI=1S/C14H14FN3O2/c1-9-3-2-4-12(13(9)15)20-8-11-6-5-10(7-17-11)14(19)18-16/h2-7H,8,16H2,1H3,(H,18,19). The molecule has 3 N–H and O–H groups in total. The molecule has 0 unspecified atom stereocenters. The van der Waals surface area contributed by atoms with Gasteiger partial charge in [-0.1, -0.05) is 12.1 Å². The number of aromatic nitrogens is 1. The van der Waals surface area contributed by atoms with Crippen molar-refractivity contribution in [1.29, 1.82) is 0 Å². The molecule has 2 rings (SSSR count). The van der Waals surface area contributed by atoms with Crippen molar-refractivity contribution < 1.29 is 13.9 Å². The zero-order chi connectivity index (χ0) is 14.5. The molecule has 1 heterocycles. The van der Waals surface area contributed by atoms with Gasteiger partial charge >= 0.3 is 0 Å². The predicted molar refractivity (Wildman–Crippen MR) is 71.4 cm³/mol. The number of carbonyl (C=O) groups excluding carboxylic acids is 1. The minimum atomic E-state index is -0.422. The van der Waals surface area contributed by atoms with Crippen LogP contribution in [0.4, 0.5) is 4.39 Å². The van der Waals surface area contributed by atoms with E-state index in [0.29, 0.717) is 16.8 Å². The normalized spacial score (nSPS) is 10.2. The van der Waals surface area contributed by atoms with Crippen LogP contribution in [0.1, 0.15) is 21.6 Å². The van der Waals surface area contributed by atoms with Crippen molar-refractivity contribution in [2.45, 2.75) is 13.5 Å². The van der Waals surface area contributed by atoms with Gasteiger partial charge in [-0.2, -0.15) is 0 Å². The molecule has 0 atom stereocenters. The van der Waals surface area contributed by atoms with Crippen molar-refractivity contribution >= 4 is 5.91 Å². The summed E-state index contributed by atoms with van der Waals surface area (Å²) in [7, 11) is 0. The van der Waals surface area contributed by atoms with Crippen LogP contribution < -0.4 is 16.0 Å². The van der Waals surface area contributed by atoms with Crippen molar-refractivity contribution in [2.24, 2.45) is 5.84 Å². The van der Waals surface area contributed by atoms with Crippen LogP contribution in [0.25, 0.3) is 0 Å². The van der Waals surface area contributed by atoms with Crippen LogP contribution in [0.2, 0.25) is 0 Å². The molecule has 0 saturated carbocycles. The summed E-state index contributed by atoms with van der Waals surface area (Å²) in [6.07, 6.45) is 1.38. The van der Waals surface area contributed by atoms with Crippen molar-refractivity contribution in [3.05, 3.63) is 59.2 Å². The van der Waals surface area contributed by atoms with Gasteiger partial charge in [0.05, 0.1) is 11.3 Å². The van der Waals surface area contributed by atoms with E-state index in [9.17, 15) is 9.18 Å². The largest absolute Gasteiger partial charge is 0.484 e. The molecule has 6 heteroatoms. The van der Waals surface area contributed by atoms with E-state index in [0.717, 1.165) is 0 Å². The van der Waals surface area contributed by atoms with Crippen LogP contribution in [-0.2, 0) is 6.61 Å². The topological polar surface area (TPSA) is 77.2 Å². The minimum absolute atomic E-state index is 0.116. The SMILES string of the molecule is Cc1cccc(OCc2ccc(C(=O)NN)cn2)c1F. The molecule has 1 aromatic carbocycles. The van der Waals surface area contributed by atoms with Gasteiger partial charge in [-0.05, 0) is 30.7 Å². The zero-order valence-electron chi connectivity index (χ0n) is 10.9. The van der Waals surface area contributed by atoms with Gasteiger partial charge in [0.1, 0.15) is 6.61 Å². The first kappa shape index (κ1) is 14.0. The number of amides is 1. The Balaban J connectivity index is 2.04. The Labute approximate surface area is 115 Å². The lowest BCUT2D eigenvalue weighted by Gasteiger charge is -2.08. The molecule has 0 bridgehead atoms. The second kappa shape index (κ2) is 6.12. The lowest BCUT2D eigenvalue weighted by atomic mass is 10.2. The number of ether oxygens (including phenoxy) is 1. The van der Waals surface area contributed by atoms with E-state index in [-0.39, 0.29) is 18.2 Å². The number of aryl methyl sites for hydroxylation is 1. The second-order valence-corrected chi connectivity index (χ2v) is 4.19. The maximum absolute atomic E-state index is 13.7. The summed E-state index contributed by atoms with van der Waals surface area (Å²) in [4.78, 5) is 15.3. The Kier molecular flexibility index (Phi) is 4.27. The molecule has 1 amide bonds. The molecule has 104 valence electrons. The fraction of sp³-hybridized carbons (Fsp3) is 0.143. The highest BCUT2D eigenvalue weighted by Crippen LogP contribution is 2.20. The van der Waals surface area contributed by atoms with E-state index in [4.69, 9.17) is 10.6 Å². The third kappa shape index (κ3) is 3.10. The van der Waals surface area contributed by atoms with E-state index in [2.05, 4.69) is 4.98 Å². The van der Waals surface area contributed by atoms with Crippen molar-refractivity contribution in [3.8, 4) is 5.75 Å². The van der Waals surface area contributed by atoms with Crippen LogP contribution in [0.15, 0.2) is 36.5 Å². The number of pyridine rings is 1. The number of halogens is 1. The Hall–Kier alpha value is -2.47. The summed E-state index contributed by atoms with van der Waals surface area (Å²) in [6, 6.07) is 8.13. The van der Waals surface area contributed by atoms with Gasteiger partial charge in [-0.25, -0.2) is 10.2 Å². The smallest absolute Gasteiger partial charge is 0.266 e. The molecule has 2 aromatic rings. The molecular formula is C14H14FN3O2. The van der Waals surface area contributed by atoms with E-state index in [1.807, 2.05) is 5.43 Å². The zero-order valence-corrected chi connectivity index (χ0v) is 10.9. The van der Waals surface area contributed by atoms with Crippen LogP contribution >= 0.6 is 0 Å². The van der Waals surface area contributed by atoms with E-state index >= 15 is 0 Å². The number of benzene rings is 1. The number of nitrogens with two attached hydrogens (primary N) is 1. The molecule has 0 radical (unpaired) electrons. The average molecular weight is 275 g/mol. The molecule has 0 saturated heterocycles. The van der Waals surface area contributed by atoms with Crippen LogP contribution in [-0.4, -0.2) is 10.9 Å². The molecule has 20 heavy (non-hydrogen) atoms. The highest BCUT2D eigenvalue weighted by atomic mass is 19.1. The molecular weight excluding hydrogens is 261 g/mol. The van der Waals surface area contributed by atoms with E-state index < -0.39 is 5.91 Å².